The summed E-state index contributed by atoms with van der Waals surface area (Å²) in [5.74, 6) is 0.772. The Bertz CT molecular complexity index is 423. The lowest BCUT2D eigenvalue weighted by Gasteiger charge is -2.30. The van der Waals surface area contributed by atoms with Gasteiger partial charge in [0.1, 0.15) is 0 Å². The summed E-state index contributed by atoms with van der Waals surface area (Å²) in [6.07, 6.45) is 5.16. The van der Waals surface area contributed by atoms with E-state index in [0.717, 1.165) is 24.9 Å². The van der Waals surface area contributed by atoms with Crippen molar-refractivity contribution in [1.82, 2.24) is 5.32 Å². The van der Waals surface area contributed by atoms with Crippen molar-refractivity contribution in [3.63, 3.8) is 0 Å². The minimum absolute atomic E-state index is 0.478. The number of nitrogens with one attached hydrogen (secondary N) is 1. The molecule has 1 fully saturated rings. The smallest absolute Gasteiger partial charge is 0.0417 e. The van der Waals surface area contributed by atoms with Gasteiger partial charge in [0.05, 0.1) is 0 Å². The van der Waals surface area contributed by atoms with Gasteiger partial charge in [0.2, 0.25) is 0 Å². The van der Waals surface area contributed by atoms with E-state index in [2.05, 4.69) is 62.2 Å². The molecular formula is C19H32N2. The fourth-order valence-corrected chi connectivity index (χ4v) is 3.05. The molecule has 1 unspecified atom stereocenters. The van der Waals surface area contributed by atoms with Crippen LogP contribution < -0.4 is 10.2 Å². The van der Waals surface area contributed by atoms with Crippen LogP contribution >= 0.6 is 0 Å². The van der Waals surface area contributed by atoms with E-state index in [0.29, 0.717) is 6.04 Å². The van der Waals surface area contributed by atoms with Crippen LogP contribution in [0, 0.1) is 5.92 Å². The highest BCUT2D eigenvalue weighted by Crippen LogP contribution is 2.36. The molecule has 1 N–H and O–H groups in total. The van der Waals surface area contributed by atoms with E-state index < -0.39 is 0 Å². The molecule has 1 aliphatic rings. The summed E-state index contributed by atoms with van der Waals surface area (Å²) in [5, 5.41) is 3.64. The van der Waals surface area contributed by atoms with Gasteiger partial charge < -0.3 is 10.2 Å². The van der Waals surface area contributed by atoms with Crippen molar-refractivity contribution in [2.75, 3.05) is 18.0 Å². The standard InChI is InChI=1S/C19H32N2/c1-5-18(20-6-2)17-9-7-8-10-19(17)21(16-11-12-16)14-13-15(3)4/h7-10,15-16,18,20H,5-6,11-14H2,1-4H3. The number of hydrogen-bond donors (Lipinski definition) is 1. The zero-order valence-corrected chi connectivity index (χ0v) is 14.2. The van der Waals surface area contributed by atoms with E-state index in [4.69, 9.17) is 0 Å². The third-order valence-electron chi connectivity index (χ3n) is 4.42. The highest BCUT2D eigenvalue weighted by molar-refractivity contribution is 5.56. The second-order valence-electron chi connectivity index (χ2n) is 6.68. The van der Waals surface area contributed by atoms with E-state index >= 15 is 0 Å². The van der Waals surface area contributed by atoms with Crippen LogP contribution in [0.3, 0.4) is 0 Å². The fourth-order valence-electron chi connectivity index (χ4n) is 3.05. The Morgan fingerprint density at radius 3 is 2.48 bits per heavy atom. The van der Waals surface area contributed by atoms with Crippen LogP contribution in [0.25, 0.3) is 0 Å². The van der Waals surface area contributed by atoms with Crippen molar-refractivity contribution in [2.24, 2.45) is 5.92 Å². The van der Waals surface area contributed by atoms with Gasteiger partial charge in [-0.15, -0.1) is 0 Å². The van der Waals surface area contributed by atoms with Gasteiger partial charge in [0.25, 0.3) is 0 Å². The Morgan fingerprint density at radius 2 is 1.90 bits per heavy atom. The molecule has 0 aliphatic heterocycles. The van der Waals surface area contributed by atoms with Gasteiger partial charge in [-0.1, -0.05) is 45.9 Å². The molecule has 2 heteroatoms. The highest BCUT2D eigenvalue weighted by Gasteiger charge is 2.31. The van der Waals surface area contributed by atoms with Crippen LogP contribution in [0.4, 0.5) is 5.69 Å². The van der Waals surface area contributed by atoms with E-state index in [1.807, 2.05) is 0 Å². The molecule has 0 aromatic heterocycles. The molecule has 2 nitrogen and oxygen atoms in total. The average Bonchev–Trinajstić information content (AvgIpc) is 3.30. The summed E-state index contributed by atoms with van der Waals surface area (Å²) in [4.78, 5) is 2.68. The van der Waals surface area contributed by atoms with Crippen LogP contribution in [-0.4, -0.2) is 19.1 Å². The maximum Gasteiger partial charge on any atom is 0.0417 e. The number of rotatable bonds is 9. The average molecular weight is 288 g/mol. The van der Waals surface area contributed by atoms with Crippen molar-refractivity contribution < 1.29 is 0 Å². The SMILES string of the molecule is CCNC(CC)c1ccccc1N(CCC(C)C)C1CC1. The molecular weight excluding hydrogens is 256 g/mol. The first kappa shape index (κ1) is 16.4. The summed E-state index contributed by atoms with van der Waals surface area (Å²) in [6.45, 7) is 11.3. The number of hydrogen-bond acceptors (Lipinski definition) is 2. The zero-order valence-electron chi connectivity index (χ0n) is 14.2. The molecule has 0 spiro atoms. The molecule has 0 amide bonds. The zero-order chi connectivity index (χ0) is 15.2. The molecule has 1 aliphatic carbocycles. The largest absolute Gasteiger partial charge is 0.368 e. The summed E-state index contributed by atoms with van der Waals surface area (Å²) < 4.78 is 0. The Kier molecular flexibility index (Phi) is 6.10. The van der Waals surface area contributed by atoms with Gasteiger partial charge in [-0.05, 0) is 49.8 Å². The minimum Gasteiger partial charge on any atom is -0.368 e. The maximum absolute atomic E-state index is 3.64. The van der Waals surface area contributed by atoms with E-state index in [1.54, 1.807) is 0 Å². The Hall–Kier alpha value is -1.02. The Labute approximate surface area is 130 Å². The van der Waals surface area contributed by atoms with Crippen LogP contribution in [0.1, 0.15) is 65.0 Å². The van der Waals surface area contributed by atoms with E-state index in [-0.39, 0.29) is 0 Å². The lowest BCUT2D eigenvalue weighted by Crippen LogP contribution is -2.30. The first-order valence-electron chi connectivity index (χ1n) is 8.76. The predicted molar refractivity (Wildman–Crippen MR) is 93.0 cm³/mol. The molecule has 0 bridgehead atoms. The monoisotopic (exact) mass is 288 g/mol. The molecule has 21 heavy (non-hydrogen) atoms. The van der Waals surface area contributed by atoms with Crippen molar-refractivity contribution in [3.8, 4) is 0 Å². The molecule has 0 saturated heterocycles. The number of anilines is 1. The number of nitrogens with zero attached hydrogens (tertiary/aromatic N) is 1. The van der Waals surface area contributed by atoms with Gasteiger partial charge in [-0.3, -0.25) is 0 Å². The highest BCUT2D eigenvalue weighted by atomic mass is 15.2. The molecule has 1 aromatic carbocycles. The quantitative estimate of drug-likeness (QED) is 0.704. The van der Waals surface area contributed by atoms with Crippen LogP contribution in [-0.2, 0) is 0 Å². The van der Waals surface area contributed by atoms with Gasteiger partial charge >= 0.3 is 0 Å². The number of benzene rings is 1. The van der Waals surface area contributed by atoms with Gasteiger partial charge in [-0.25, -0.2) is 0 Å². The normalized spacial score (nSPS) is 16.2. The predicted octanol–water partition coefficient (Wildman–Crippen LogP) is 4.76. The van der Waals surface area contributed by atoms with Gasteiger partial charge in [-0.2, -0.15) is 0 Å². The van der Waals surface area contributed by atoms with Crippen molar-refractivity contribution in [3.05, 3.63) is 29.8 Å². The van der Waals surface area contributed by atoms with Crippen molar-refractivity contribution in [1.29, 1.82) is 0 Å². The summed E-state index contributed by atoms with van der Waals surface area (Å²) >= 11 is 0. The topological polar surface area (TPSA) is 15.3 Å². The molecule has 1 aromatic rings. The van der Waals surface area contributed by atoms with Crippen LogP contribution in [0.2, 0.25) is 0 Å². The minimum atomic E-state index is 0.478. The molecule has 1 atom stereocenters. The van der Waals surface area contributed by atoms with Crippen molar-refractivity contribution in [2.45, 2.75) is 65.5 Å². The lowest BCUT2D eigenvalue weighted by atomic mass is 10.0. The van der Waals surface area contributed by atoms with Gasteiger partial charge in [0.15, 0.2) is 0 Å². The molecule has 118 valence electrons. The maximum atomic E-state index is 3.64. The first-order valence-corrected chi connectivity index (χ1v) is 8.76. The van der Waals surface area contributed by atoms with Crippen LogP contribution in [0.15, 0.2) is 24.3 Å². The second kappa shape index (κ2) is 7.84. The third kappa shape index (κ3) is 4.47. The fraction of sp³-hybridized carbons (Fsp3) is 0.684. The lowest BCUT2D eigenvalue weighted by molar-refractivity contribution is 0.531. The Morgan fingerprint density at radius 1 is 1.19 bits per heavy atom. The summed E-state index contributed by atoms with van der Waals surface area (Å²) in [7, 11) is 0. The summed E-state index contributed by atoms with van der Waals surface area (Å²) in [5.41, 5.74) is 2.95. The first-order chi connectivity index (χ1) is 10.2. The third-order valence-corrected chi connectivity index (χ3v) is 4.42. The molecule has 0 radical (unpaired) electrons. The molecule has 1 saturated carbocycles. The molecule has 2 rings (SSSR count). The van der Waals surface area contributed by atoms with E-state index in [9.17, 15) is 0 Å². The van der Waals surface area contributed by atoms with Crippen molar-refractivity contribution >= 4 is 5.69 Å². The Balaban J connectivity index is 2.22. The molecule has 0 heterocycles. The van der Waals surface area contributed by atoms with E-state index in [1.165, 1.54) is 37.1 Å². The number of para-hydroxylation sites is 1. The van der Waals surface area contributed by atoms with Crippen LogP contribution in [0.5, 0.6) is 0 Å². The second-order valence-corrected chi connectivity index (χ2v) is 6.68. The summed E-state index contributed by atoms with van der Waals surface area (Å²) in [6, 6.07) is 10.3. The van der Waals surface area contributed by atoms with Gasteiger partial charge in [0, 0.05) is 24.3 Å².